The summed E-state index contributed by atoms with van der Waals surface area (Å²) in [5.41, 5.74) is 1.45. The van der Waals surface area contributed by atoms with Crippen LogP contribution in [0.1, 0.15) is 19.3 Å². The highest BCUT2D eigenvalue weighted by Crippen LogP contribution is 2.16. The summed E-state index contributed by atoms with van der Waals surface area (Å²) in [4.78, 5) is 26.1. The van der Waals surface area contributed by atoms with Gasteiger partial charge in [-0.2, -0.15) is 5.26 Å². The lowest BCUT2D eigenvalue weighted by Gasteiger charge is -2.21. The molecule has 0 unspecified atom stereocenters. The zero-order valence-electron chi connectivity index (χ0n) is 13.6. The van der Waals surface area contributed by atoms with Gasteiger partial charge in [0.1, 0.15) is 0 Å². The Kier molecular flexibility index (Phi) is 7.41. The van der Waals surface area contributed by atoms with Gasteiger partial charge in [-0.3, -0.25) is 9.59 Å². The van der Waals surface area contributed by atoms with Gasteiger partial charge in [0.15, 0.2) is 0 Å². The van der Waals surface area contributed by atoms with Crippen molar-refractivity contribution in [1.29, 1.82) is 5.26 Å². The number of anilines is 2. The van der Waals surface area contributed by atoms with Gasteiger partial charge in [0, 0.05) is 34.3 Å². The second kappa shape index (κ2) is 9.79. The summed E-state index contributed by atoms with van der Waals surface area (Å²) >= 11 is 2.19. The molecule has 0 aromatic heterocycles. The fourth-order valence-electron chi connectivity index (χ4n) is 2.28. The third kappa shape index (κ3) is 6.19. The molecule has 2 rings (SSSR count). The Labute approximate surface area is 160 Å². The molecule has 5 nitrogen and oxygen atoms in total. The standard InChI is InChI=1S/C19H18IN3O2/c20-15-7-9-16(10-8-15)22-18(24)11-12-19(25)23(14-4-13-21)17-5-2-1-3-6-17/h1-3,5-10H,4,11-12,14H2,(H,22,24). The molecule has 0 saturated carbocycles. The lowest BCUT2D eigenvalue weighted by molar-refractivity contribution is -0.122. The number of halogens is 1. The predicted octanol–water partition coefficient (Wildman–Crippen LogP) is 3.96. The number of benzene rings is 2. The van der Waals surface area contributed by atoms with E-state index in [1.165, 1.54) is 0 Å². The number of nitrogens with one attached hydrogen (secondary N) is 1. The minimum absolute atomic E-state index is 0.0938. The summed E-state index contributed by atoms with van der Waals surface area (Å²) in [6, 6.07) is 18.7. The van der Waals surface area contributed by atoms with Gasteiger partial charge in [-0.15, -0.1) is 0 Å². The van der Waals surface area contributed by atoms with E-state index in [2.05, 4.69) is 34.0 Å². The maximum Gasteiger partial charge on any atom is 0.227 e. The molecule has 0 aliphatic rings. The van der Waals surface area contributed by atoms with Crippen LogP contribution in [0.15, 0.2) is 54.6 Å². The van der Waals surface area contributed by atoms with Gasteiger partial charge in [0.2, 0.25) is 11.8 Å². The second-order valence-corrected chi connectivity index (χ2v) is 6.59. The lowest BCUT2D eigenvalue weighted by Crippen LogP contribution is -2.32. The summed E-state index contributed by atoms with van der Waals surface area (Å²) in [6.45, 7) is 0.318. The first kappa shape index (κ1) is 18.9. The van der Waals surface area contributed by atoms with E-state index in [4.69, 9.17) is 5.26 Å². The van der Waals surface area contributed by atoms with Crippen molar-refractivity contribution in [2.45, 2.75) is 19.3 Å². The molecule has 2 aromatic carbocycles. The Bertz CT molecular complexity index is 754. The number of nitrogens with zero attached hydrogens (tertiary/aromatic N) is 2. The summed E-state index contributed by atoms with van der Waals surface area (Å²) in [5, 5.41) is 11.6. The van der Waals surface area contributed by atoms with Gasteiger partial charge in [0.25, 0.3) is 0 Å². The molecule has 2 amide bonds. The molecular formula is C19H18IN3O2. The smallest absolute Gasteiger partial charge is 0.227 e. The van der Waals surface area contributed by atoms with Crippen LogP contribution in [0.4, 0.5) is 11.4 Å². The van der Waals surface area contributed by atoms with E-state index in [1.54, 1.807) is 4.90 Å². The summed E-state index contributed by atoms with van der Waals surface area (Å²) in [7, 11) is 0. The SMILES string of the molecule is N#CCCN(C(=O)CCC(=O)Nc1ccc(I)cc1)c1ccccc1. The molecular weight excluding hydrogens is 429 g/mol. The van der Waals surface area contributed by atoms with E-state index < -0.39 is 0 Å². The zero-order chi connectivity index (χ0) is 18.1. The van der Waals surface area contributed by atoms with E-state index >= 15 is 0 Å². The fourth-order valence-corrected chi connectivity index (χ4v) is 2.64. The van der Waals surface area contributed by atoms with Crippen molar-refractivity contribution >= 4 is 45.8 Å². The fraction of sp³-hybridized carbons (Fsp3) is 0.211. The van der Waals surface area contributed by atoms with Crippen LogP contribution in [0.2, 0.25) is 0 Å². The highest BCUT2D eigenvalue weighted by Gasteiger charge is 2.16. The number of carbonyl (C=O) groups excluding carboxylic acids is 2. The van der Waals surface area contributed by atoms with E-state index in [0.717, 1.165) is 9.26 Å². The van der Waals surface area contributed by atoms with Crippen LogP contribution in [0.5, 0.6) is 0 Å². The summed E-state index contributed by atoms with van der Waals surface area (Å²) in [6.07, 6.45) is 0.437. The van der Waals surface area contributed by atoms with Crippen molar-refractivity contribution in [2.75, 3.05) is 16.8 Å². The maximum atomic E-state index is 12.5. The highest BCUT2D eigenvalue weighted by molar-refractivity contribution is 14.1. The normalized spacial score (nSPS) is 9.92. The molecule has 0 bridgehead atoms. The number of hydrogen-bond donors (Lipinski definition) is 1. The number of nitriles is 1. The third-order valence-corrected chi connectivity index (χ3v) is 4.23. The molecule has 6 heteroatoms. The maximum absolute atomic E-state index is 12.5. The van der Waals surface area contributed by atoms with E-state index in [1.807, 2.05) is 54.6 Å². The van der Waals surface area contributed by atoms with Crippen LogP contribution in [-0.4, -0.2) is 18.4 Å². The average molecular weight is 447 g/mol. The van der Waals surface area contributed by atoms with E-state index in [9.17, 15) is 9.59 Å². The minimum atomic E-state index is -0.206. The Balaban J connectivity index is 1.92. The summed E-state index contributed by atoms with van der Waals surface area (Å²) < 4.78 is 1.08. The predicted molar refractivity (Wildman–Crippen MR) is 106 cm³/mol. The Morgan fingerprint density at radius 1 is 1.04 bits per heavy atom. The van der Waals surface area contributed by atoms with Crippen molar-refractivity contribution in [1.82, 2.24) is 0 Å². The zero-order valence-corrected chi connectivity index (χ0v) is 15.8. The Morgan fingerprint density at radius 3 is 2.36 bits per heavy atom. The van der Waals surface area contributed by atoms with Crippen LogP contribution in [0.3, 0.4) is 0 Å². The molecule has 0 fully saturated rings. The molecule has 0 saturated heterocycles. The minimum Gasteiger partial charge on any atom is -0.326 e. The first-order chi connectivity index (χ1) is 12.1. The first-order valence-electron chi connectivity index (χ1n) is 7.88. The van der Waals surface area contributed by atoms with Crippen LogP contribution in [-0.2, 0) is 9.59 Å². The van der Waals surface area contributed by atoms with Gasteiger partial charge in [-0.05, 0) is 59.0 Å². The van der Waals surface area contributed by atoms with Crippen molar-refractivity contribution < 1.29 is 9.59 Å². The molecule has 0 radical (unpaired) electrons. The van der Waals surface area contributed by atoms with Gasteiger partial charge >= 0.3 is 0 Å². The molecule has 0 aliphatic carbocycles. The Morgan fingerprint density at radius 2 is 1.72 bits per heavy atom. The molecule has 0 spiro atoms. The van der Waals surface area contributed by atoms with E-state index in [-0.39, 0.29) is 31.1 Å². The number of carbonyl (C=O) groups is 2. The molecule has 0 aliphatic heterocycles. The largest absolute Gasteiger partial charge is 0.326 e. The molecule has 2 aromatic rings. The molecule has 128 valence electrons. The topological polar surface area (TPSA) is 73.2 Å². The second-order valence-electron chi connectivity index (χ2n) is 5.34. The van der Waals surface area contributed by atoms with Crippen LogP contribution in [0, 0.1) is 14.9 Å². The van der Waals surface area contributed by atoms with E-state index in [0.29, 0.717) is 12.2 Å². The molecule has 25 heavy (non-hydrogen) atoms. The quantitative estimate of drug-likeness (QED) is 0.654. The van der Waals surface area contributed by atoms with Gasteiger partial charge in [0.05, 0.1) is 12.5 Å². The summed E-state index contributed by atoms with van der Waals surface area (Å²) in [5.74, 6) is -0.373. The average Bonchev–Trinajstić information content (AvgIpc) is 2.63. The number of hydrogen-bond acceptors (Lipinski definition) is 3. The third-order valence-electron chi connectivity index (χ3n) is 3.51. The van der Waals surface area contributed by atoms with Crippen molar-refractivity contribution in [2.24, 2.45) is 0 Å². The van der Waals surface area contributed by atoms with Gasteiger partial charge in [-0.1, -0.05) is 18.2 Å². The van der Waals surface area contributed by atoms with Gasteiger partial charge in [-0.25, -0.2) is 0 Å². The monoisotopic (exact) mass is 447 g/mol. The number of rotatable bonds is 7. The number of para-hydroxylation sites is 1. The van der Waals surface area contributed by atoms with Crippen LogP contribution < -0.4 is 10.2 Å². The van der Waals surface area contributed by atoms with Crippen molar-refractivity contribution in [3.63, 3.8) is 0 Å². The molecule has 1 N–H and O–H groups in total. The first-order valence-corrected chi connectivity index (χ1v) is 8.96. The Hall–Kier alpha value is -2.40. The number of amides is 2. The van der Waals surface area contributed by atoms with Crippen molar-refractivity contribution in [3.8, 4) is 6.07 Å². The van der Waals surface area contributed by atoms with Crippen LogP contribution in [0.25, 0.3) is 0 Å². The highest BCUT2D eigenvalue weighted by atomic mass is 127. The van der Waals surface area contributed by atoms with Crippen LogP contribution >= 0.6 is 22.6 Å². The molecule has 0 heterocycles. The molecule has 0 atom stereocenters. The lowest BCUT2D eigenvalue weighted by atomic mass is 10.2. The van der Waals surface area contributed by atoms with Gasteiger partial charge < -0.3 is 10.2 Å². The van der Waals surface area contributed by atoms with Crippen molar-refractivity contribution in [3.05, 3.63) is 58.2 Å².